The zero-order valence-electron chi connectivity index (χ0n) is 14.9. The van der Waals surface area contributed by atoms with Crippen molar-refractivity contribution in [3.63, 3.8) is 0 Å². The van der Waals surface area contributed by atoms with Crippen LogP contribution >= 0.6 is 0 Å². The van der Waals surface area contributed by atoms with Gasteiger partial charge in [-0.1, -0.05) is 18.9 Å². The van der Waals surface area contributed by atoms with Crippen molar-refractivity contribution in [3.8, 4) is 11.6 Å². The number of ether oxygens (including phenoxy) is 1. The summed E-state index contributed by atoms with van der Waals surface area (Å²) in [4.78, 5) is 16.7. The highest BCUT2D eigenvalue weighted by molar-refractivity contribution is 5.80. The Morgan fingerprint density at radius 1 is 1.31 bits per heavy atom. The van der Waals surface area contributed by atoms with Gasteiger partial charge >= 0.3 is 0 Å². The van der Waals surface area contributed by atoms with Gasteiger partial charge in [0.25, 0.3) is 0 Å². The number of hydrogen-bond acceptors (Lipinski definition) is 4. The largest absolute Gasteiger partial charge is 0.439 e. The molecule has 2 aromatic rings. The molecule has 0 saturated heterocycles. The standard InChI is InChI=1S/C20H24FN3O2/c1-20(22)11-3-2-4-17(20)19(25)24-13-14-5-10-18(23-12-14)26-16-8-6-15(21)7-9-16/h5-10,12,17H,2-4,11,13,22H2,1H3,(H,24,25). The predicted octanol–water partition coefficient (Wildman–Crippen LogP) is 3.54. The van der Waals surface area contributed by atoms with E-state index in [4.69, 9.17) is 10.5 Å². The molecule has 2 atom stereocenters. The maximum atomic E-state index is 12.9. The fraction of sp³-hybridized carbons (Fsp3) is 0.400. The van der Waals surface area contributed by atoms with Crippen molar-refractivity contribution in [2.45, 2.75) is 44.7 Å². The van der Waals surface area contributed by atoms with Crippen molar-refractivity contribution in [2.24, 2.45) is 11.7 Å². The SMILES string of the molecule is CC1(N)CCCCC1C(=O)NCc1ccc(Oc2ccc(F)cc2)nc1. The first kappa shape index (κ1) is 18.3. The smallest absolute Gasteiger partial charge is 0.225 e. The van der Waals surface area contributed by atoms with E-state index in [1.54, 1.807) is 24.4 Å². The van der Waals surface area contributed by atoms with Gasteiger partial charge in [0.05, 0.1) is 5.92 Å². The third-order valence-corrected chi connectivity index (χ3v) is 4.87. The van der Waals surface area contributed by atoms with E-state index in [-0.39, 0.29) is 17.6 Å². The normalized spacial score (nSPS) is 22.7. The van der Waals surface area contributed by atoms with Crippen LogP contribution in [0.2, 0.25) is 0 Å². The van der Waals surface area contributed by atoms with Gasteiger partial charge in [-0.2, -0.15) is 0 Å². The number of nitrogens with zero attached hydrogens (tertiary/aromatic N) is 1. The van der Waals surface area contributed by atoms with Gasteiger partial charge < -0.3 is 15.8 Å². The molecule has 1 heterocycles. The molecule has 1 aliphatic carbocycles. The fourth-order valence-corrected chi connectivity index (χ4v) is 3.30. The zero-order valence-corrected chi connectivity index (χ0v) is 14.9. The molecule has 1 fully saturated rings. The van der Waals surface area contributed by atoms with E-state index in [0.29, 0.717) is 18.2 Å². The average molecular weight is 357 g/mol. The van der Waals surface area contributed by atoms with Gasteiger partial charge in [0.1, 0.15) is 11.6 Å². The fourth-order valence-electron chi connectivity index (χ4n) is 3.30. The molecule has 1 aromatic carbocycles. The van der Waals surface area contributed by atoms with Crippen LogP contribution in [0.1, 0.15) is 38.2 Å². The number of nitrogens with one attached hydrogen (secondary N) is 1. The maximum Gasteiger partial charge on any atom is 0.225 e. The van der Waals surface area contributed by atoms with Crippen LogP contribution < -0.4 is 15.8 Å². The lowest BCUT2D eigenvalue weighted by atomic mass is 9.74. The highest BCUT2D eigenvalue weighted by atomic mass is 19.1. The molecule has 1 amide bonds. The monoisotopic (exact) mass is 357 g/mol. The number of benzene rings is 1. The lowest BCUT2D eigenvalue weighted by Crippen LogP contribution is -2.52. The van der Waals surface area contributed by atoms with Crippen LogP contribution in [0.4, 0.5) is 4.39 Å². The summed E-state index contributed by atoms with van der Waals surface area (Å²) in [5.41, 5.74) is 6.72. The molecule has 3 N–H and O–H groups in total. The number of rotatable bonds is 5. The Hall–Kier alpha value is -2.47. The molecule has 1 saturated carbocycles. The molecular weight excluding hydrogens is 333 g/mol. The van der Waals surface area contributed by atoms with Crippen molar-refractivity contribution in [3.05, 3.63) is 54.0 Å². The minimum absolute atomic E-state index is 0.00124. The third-order valence-electron chi connectivity index (χ3n) is 4.87. The molecule has 0 spiro atoms. The second-order valence-electron chi connectivity index (χ2n) is 7.08. The van der Waals surface area contributed by atoms with Crippen LogP contribution in [0.5, 0.6) is 11.6 Å². The molecule has 1 aliphatic rings. The Kier molecular flexibility index (Phi) is 5.52. The van der Waals surface area contributed by atoms with Crippen LogP contribution in [0, 0.1) is 11.7 Å². The van der Waals surface area contributed by atoms with Crippen molar-refractivity contribution in [1.29, 1.82) is 0 Å². The van der Waals surface area contributed by atoms with Crippen molar-refractivity contribution in [1.82, 2.24) is 10.3 Å². The summed E-state index contributed by atoms with van der Waals surface area (Å²) in [5, 5.41) is 2.96. The number of nitrogens with two attached hydrogens (primary N) is 1. The van der Waals surface area contributed by atoms with Crippen LogP contribution in [-0.4, -0.2) is 16.4 Å². The molecule has 0 radical (unpaired) electrons. The lowest BCUT2D eigenvalue weighted by Gasteiger charge is -2.37. The number of aromatic nitrogens is 1. The Morgan fingerprint density at radius 3 is 2.73 bits per heavy atom. The molecule has 3 rings (SSSR count). The van der Waals surface area contributed by atoms with Gasteiger partial charge in [0.15, 0.2) is 0 Å². The van der Waals surface area contributed by atoms with Gasteiger partial charge in [-0.25, -0.2) is 9.37 Å². The van der Waals surface area contributed by atoms with Gasteiger partial charge in [-0.15, -0.1) is 0 Å². The van der Waals surface area contributed by atoms with Gasteiger partial charge in [-0.3, -0.25) is 4.79 Å². The topological polar surface area (TPSA) is 77.2 Å². The number of hydrogen-bond donors (Lipinski definition) is 2. The van der Waals surface area contributed by atoms with E-state index >= 15 is 0 Å². The second kappa shape index (κ2) is 7.83. The quantitative estimate of drug-likeness (QED) is 0.858. The summed E-state index contributed by atoms with van der Waals surface area (Å²) in [6, 6.07) is 9.30. The first-order valence-corrected chi connectivity index (χ1v) is 8.89. The molecule has 0 bridgehead atoms. The number of pyridine rings is 1. The maximum absolute atomic E-state index is 12.9. The van der Waals surface area contributed by atoms with Crippen molar-refractivity contribution >= 4 is 5.91 Å². The highest BCUT2D eigenvalue weighted by Crippen LogP contribution is 2.31. The first-order valence-electron chi connectivity index (χ1n) is 8.89. The van der Waals surface area contributed by atoms with Crippen LogP contribution in [0.25, 0.3) is 0 Å². The molecule has 1 aromatic heterocycles. The van der Waals surface area contributed by atoms with Gasteiger partial charge in [0, 0.05) is 24.3 Å². The van der Waals surface area contributed by atoms with Gasteiger partial charge in [0.2, 0.25) is 11.8 Å². The molecule has 138 valence electrons. The summed E-state index contributed by atoms with van der Waals surface area (Å²) >= 11 is 0. The van der Waals surface area contributed by atoms with E-state index in [2.05, 4.69) is 10.3 Å². The minimum Gasteiger partial charge on any atom is -0.439 e. The van der Waals surface area contributed by atoms with E-state index < -0.39 is 5.54 Å². The summed E-state index contributed by atoms with van der Waals surface area (Å²) in [6.45, 7) is 2.36. The number of amides is 1. The van der Waals surface area contributed by atoms with E-state index in [9.17, 15) is 9.18 Å². The molecule has 26 heavy (non-hydrogen) atoms. The summed E-state index contributed by atoms with van der Waals surface area (Å²) in [5.74, 6) is 0.461. The van der Waals surface area contributed by atoms with Crippen LogP contribution in [0.15, 0.2) is 42.6 Å². The highest BCUT2D eigenvalue weighted by Gasteiger charge is 2.37. The molecule has 5 nitrogen and oxygen atoms in total. The van der Waals surface area contributed by atoms with E-state index in [1.165, 1.54) is 12.1 Å². The summed E-state index contributed by atoms with van der Waals surface area (Å²) in [7, 11) is 0. The van der Waals surface area contributed by atoms with E-state index in [1.807, 2.05) is 13.0 Å². The van der Waals surface area contributed by atoms with E-state index in [0.717, 1.165) is 31.2 Å². The Labute approximate surface area is 152 Å². The average Bonchev–Trinajstić information content (AvgIpc) is 2.62. The third kappa shape index (κ3) is 4.58. The van der Waals surface area contributed by atoms with Crippen LogP contribution in [-0.2, 0) is 11.3 Å². The Morgan fingerprint density at radius 2 is 2.08 bits per heavy atom. The summed E-state index contributed by atoms with van der Waals surface area (Å²) < 4.78 is 18.5. The van der Waals surface area contributed by atoms with Gasteiger partial charge in [-0.05, 0) is 49.6 Å². The summed E-state index contributed by atoms with van der Waals surface area (Å²) in [6.07, 6.45) is 5.49. The number of carbonyl (C=O) groups excluding carboxylic acids is 1. The number of halogens is 1. The van der Waals surface area contributed by atoms with Crippen LogP contribution in [0.3, 0.4) is 0 Å². The molecule has 2 unspecified atom stereocenters. The minimum atomic E-state index is -0.437. The molecule has 6 heteroatoms. The Balaban J connectivity index is 1.54. The first-order chi connectivity index (χ1) is 12.4. The second-order valence-corrected chi connectivity index (χ2v) is 7.08. The lowest BCUT2D eigenvalue weighted by molar-refractivity contribution is -0.128. The Bertz CT molecular complexity index is 745. The predicted molar refractivity (Wildman–Crippen MR) is 97.1 cm³/mol. The zero-order chi connectivity index (χ0) is 18.6. The molecule has 0 aliphatic heterocycles. The number of carbonyl (C=O) groups is 1. The van der Waals surface area contributed by atoms with Crippen molar-refractivity contribution < 1.29 is 13.9 Å². The van der Waals surface area contributed by atoms with Crippen molar-refractivity contribution in [2.75, 3.05) is 0 Å². The molecular formula is C20H24FN3O2.